The molecule has 13 heteroatoms. The Bertz CT molecular complexity index is 2150. The number of hydrogen-bond acceptors (Lipinski definition) is 6. The van der Waals surface area contributed by atoms with Crippen LogP contribution in [0.5, 0.6) is 0 Å². The van der Waals surface area contributed by atoms with Gasteiger partial charge in [-0.15, -0.1) is 0 Å². The van der Waals surface area contributed by atoms with Crippen LogP contribution in [0.15, 0.2) is 102 Å². The van der Waals surface area contributed by atoms with Crippen LogP contribution in [0.1, 0.15) is 27.8 Å². The highest BCUT2D eigenvalue weighted by atomic mass is 32.2. The Morgan fingerprint density at radius 3 is 1.64 bits per heavy atom. The molecule has 0 bridgehead atoms. The number of halogens is 3. The lowest BCUT2D eigenvalue weighted by atomic mass is 9.93. The van der Waals surface area contributed by atoms with Gasteiger partial charge in [-0.2, -0.15) is 13.2 Å². The van der Waals surface area contributed by atoms with Crippen LogP contribution >= 0.6 is 0 Å². The van der Waals surface area contributed by atoms with Gasteiger partial charge in [0.1, 0.15) is 11.7 Å². The highest BCUT2D eigenvalue weighted by Gasteiger charge is 2.42. The molecular formula is C32H24F3N5O4S. The fourth-order valence-corrected chi connectivity index (χ4v) is 5.39. The zero-order chi connectivity index (χ0) is 32.5. The molecule has 0 aliphatic heterocycles. The number of nitrogens with two attached hydrogens (primary N) is 2. The van der Waals surface area contributed by atoms with E-state index in [1.54, 1.807) is 18.2 Å². The van der Waals surface area contributed by atoms with Gasteiger partial charge in [-0.3, -0.25) is 10.8 Å². The van der Waals surface area contributed by atoms with Crippen molar-refractivity contribution in [3.8, 4) is 0 Å². The van der Waals surface area contributed by atoms with E-state index >= 15 is 0 Å². The fourth-order valence-electron chi connectivity index (χ4n) is 4.61. The Morgan fingerprint density at radius 2 is 1.13 bits per heavy atom. The van der Waals surface area contributed by atoms with E-state index in [0.29, 0.717) is 22.3 Å². The highest BCUT2D eigenvalue weighted by molar-refractivity contribution is 7.89. The van der Waals surface area contributed by atoms with Gasteiger partial charge in [0.2, 0.25) is 0 Å². The van der Waals surface area contributed by atoms with Crippen LogP contribution in [-0.2, 0) is 19.7 Å². The Balaban J connectivity index is 1.57. The third-order valence-electron chi connectivity index (χ3n) is 6.90. The Labute approximate surface area is 254 Å². The zero-order valence-electron chi connectivity index (χ0n) is 23.1. The number of nitrogens with one attached hydrogen (secondary N) is 3. The topological polar surface area (TPSA) is 172 Å². The number of benzene rings is 5. The van der Waals surface area contributed by atoms with Crippen LogP contribution in [0.25, 0.3) is 33.2 Å². The van der Waals surface area contributed by atoms with Crippen molar-refractivity contribution in [1.29, 1.82) is 10.8 Å². The maximum absolute atomic E-state index is 12.5. The van der Waals surface area contributed by atoms with E-state index in [9.17, 15) is 26.4 Å². The second kappa shape index (κ2) is 11.9. The Morgan fingerprint density at radius 1 is 0.689 bits per heavy atom. The summed E-state index contributed by atoms with van der Waals surface area (Å²) in [6, 6.07) is 27.4. The minimum atomic E-state index is -5.38. The number of nitrogen functional groups attached to an aromatic ring is 2. The highest BCUT2D eigenvalue weighted by Crippen LogP contribution is 2.31. The predicted molar refractivity (Wildman–Crippen MR) is 166 cm³/mol. The maximum atomic E-state index is 12.5. The van der Waals surface area contributed by atoms with Gasteiger partial charge in [0, 0.05) is 11.1 Å². The second-order valence-corrected chi connectivity index (χ2v) is 11.6. The lowest BCUT2D eigenvalue weighted by Crippen LogP contribution is -2.34. The summed E-state index contributed by atoms with van der Waals surface area (Å²) in [6.07, 6.45) is -3.48. The molecule has 0 saturated carbocycles. The van der Waals surface area contributed by atoms with E-state index < -0.39 is 27.1 Å². The van der Waals surface area contributed by atoms with E-state index in [4.69, 9.17) is 22.3 Å². The summed E-state index contributed by atoms with van der Waals surface area (Å²) in [5.74, 6) is -2.81. The third-order valence-corrected chi connectivity index (χ3v) is 8.10. The van der Waals surface area contributed by atoms with Crippen LogP contribution in [0.2, 0.25) is 0 Å². The molecule has 0 amide bonds. The normalized spacial score (nSPS) is 12.3. The standard InChI is InChI=1S/C32H24F3N5O4S/c33-32(34,35)31(41)44-40-45(42,43)27-11-9-19(10-12-27)28(24-6-3-23-17-26(30(38)39)8-5-22(23)15-24)14-18-1-2-21-16-25(29(36)37)7-4-20(21)13-18/h1-17,40H,(H3,36,37)(H3,38,39)/b28-14+. The van der Waals surface area contributed by atoms with Crippen molar-refractivity contribution in [3.05, 3.63) is 125 Å². The van der Waals surface area contributed by atoms with Gasteiger partial charge in [-0.1, -0.05) is 60.7 Å². The van der Waals surface area contributed by atoms with Crippen molar-refractivity contribution in [1.82, 2.24) is 4.89 Å². The molecule has 0 saturated heterocycles. The average Bonchev–Trinajstić information content (AvgIpc) is 3.01. The molecule has 45 heavy (non-hydrogen) atoms. The molecule has 0 fully saturated rings. The van der Waals surface area contributed by atoms with Crippen molar-refractivity contribution in [2.75, 3.05) is 0 Å². The van der Waals surface area contributed by atoms with Crippen molar-refractivity contribution >= 4 is 60.9 Å². The molecule has 9 nitrogen and oxygen atoms in total. The van der Waals surface area contributed by atoms with Crippen molar-refractivity contribution < 1.29 is 31.2 Å². The van der Waals surface area contributed by atoms with Gasteiger partial charge in [0.05, 0.1) is 4.90 Å². The summed E-state index contributed by atoms with van der Waals surface area (Å²) in [4.78, 5) is 15.5. The number of alkyl halides is 3. The van der Waals surface area contributed by atoms with Crippen LogP contribution in [-0.4, -0.2) is 32.2 Å². The minimum absolute atomic E-state index is 0.0472. The fraction of sp³-hybridized carbons (Fsp3) is 0.0312. The first-order chi connectivity index (χ1) is 21.2. The van der Waals surface area contributed by atoms with E-state index in [1.165, 1.54) is 29.2 Å². The molecule has 0 spiro atoms. The van der Waals surface area contributed by atoms with E-state index in [-0.39, 0.29) is 11.7 Å². The SMILES string of the molecule is N=C(N)c1ccc2cc(/C=C(\c3ccc(S(=O)(=O)NOC(=O)C(F)(F)F)cc3)c3ccc4cc(C(=N)N)ccc4c3)ccc2c1. The molecule has 228 valence electrons. The van der Waals surface area contributed by atoms with Crippen molar-refractivity contribution in [3.63, 3.8) is 0 Å². The third kappa shape index (κ3) is 6.84. The number of sulfonamides is 1. The van der Waals surface area contributed by atoms with E-state index in [1.807, 2.05) is 60.7 Å². The Hall–Kier alpha value is -5.53. The average molecular weight is 632 g/mol. The first kappa shape index (κ1) is 30.9. The molecule has 7 N–H and O–H groups in total. The molecule has 0 radical (unpaired) electrons. The Kier molecular flexibility index (Phi) is 8.15. The first-order valence-corrected chi connectivity index (χ1v) is 14.6. The predicted octanol–water partition coefficient (Wildman–Crippen LogP) is 5.45. The van der Waals surface area contributed by atoms with Crippen molar-refractivity contribution in [2.24, 2.45) is 11.5 Å². The number of carbonyl (C=O) groups is 1. The van der Waals surface area contributed by atoms with Gasteiger partial charge >= 0.3 is 12.1 Å². The lowest BCUT2D eigenvalue weighted by Gasteiger charge is -2.13. The van der Waals surface area contributed by atoms with Gasteiger partial charge in [0.15, 0.2) is 0 Å². The molecule has 5 rings (SSSR count). The summed E-state index contributed by atoms with van der Waals surface area (Å²) < 4.78 is 62.4. The van der Waals surface area contributed by atoms with Gasteiger partial charge in [0.25, 0.3) is 10.0 Å². The molecule has 5 aromatic carbocycles. The number of fused-ring (bicyclic) bond motifs is 2. The monoisotopic (exact) mass is 631 g/mol. The molecule has 0 aliphatic carbocycles. The molecule has 0 aromatic heterocycles. The number of carbonyl (C=O) groups excluding carboxylic acids is 1. The summed E-state index contributed by atoms with van der Waals surface area (Å²) in [5.41, 5.74) is 15.3. The largest absolute Gasteiger partial charge is 0.492 e. The summed E-state index contributed by atoms with van der Waals surface area (Å²) >= 11 is 0. The van der Waals surface area contributed by atoms with Gasteiger partial charge in [-0.25, -0.2) is 13.2 Å². The van der Waals surface area contributed by atoms with Gasteiger partial charge < -0.3 is 16.3 Å². The minimum Gasteiger partial charge on any atom is -0.384 e. The maximum Gasteiger partial charge on any atom is 0.492 e. The summed E-state index contributed by atoms with van der Waals surface area (Å²) in [7, 11) is -4.62. The second-order valence-electron chi connectivity index (χ2n) is 9.98. The first-order valence-electron chi connectivity index (χ1n) is 13.1. The van der Waals surface area contributed by atoms with Gasteiger partial charge in [-0.05, 0) is 91.2 Å². The molecule has 0 aliphatic rings. The lowest BCUT2D eigenvalue weighted by molar-refractivity contribution is -0.203. The molecule has 0 heterocycles. The number of amidine groups is 2. The molecule has 0 unspecified atom stereocenters. The zero-order valence-corrected chi connectivity index (χ0v) is 24.0. The van der Waals surface area contributed by atoms with E-state index in [0.717, 1.165) is 32.7 Å². The molecule has 5 aromatic rings. The van der Waals surface area contributed by atoms with E-state index in [2.05, 4.69) is 4.84 Å². The smallest absolute Gasteiger partial charge is 0.384 e. The molecule has 0 atom stereocenters. The number of rotatable bonds is 8. The summed E-state index contributed by atoms with van der Waals surface area (Å²) in [5, 5.41) is 18.9. The quantitative estimate of drug-likeness (QED) is 0.0660. The number of hydrogen-bond donors (Lipinski definition) is 5. The van der Waals surface area contributed by atoms with Crippen LogP contribution < -0.4 is 16.4 Å². The molecular weight excluding hydrogens is 607 g/mol. The van der Waals surface area contributed by atoms with Crippen LogP contribution in [0.4, 0.5) is 13.2 Å². The van der Waals surface area contributed by atoms with Crippen LogP contribution in [0.3, 0.4) is 0 Å². The van der Waals surface area contributed by atoms with Crippen molar-refractivity contribution in [2.45, 2.75) is 11.1 Å². The van der Waals surface area contributed by atoms with Crippen LogP contribution in [0, 0.1) is 10.8 Å². The summed E-state index contributed by atoms with van der Waals surface area (Å²) in [6.45, 7) is 0.